The monoisotopic (exact) mass is 811 g/mol. The molecule has 0 radical (unpaired) electrons. The van der Waals surface area contributed by atoms with Gasteiger partial charge in [-0.05, 0) is 0 Å². The van der Waals surface area contributed by atoms with Crippen molar-refractivity contribution in [2.45, 2.75) is 51.0 Å². The summed E-state index contributed by atoms with van der Waals surface area (Å²) >= 11 is 9.65. The van der Waals surface area contributed by atoms with Crippen LogP contribution in [0.3, 0.4) is 0 Å². The zero-order valence-corrected chi connectivity index (χ0v) is 30.3. The number of hydrogen-bond donors (Lipinski definition) is 0. The Bertz CT molecular complexity index is 81.6. The van der Waals surface area contributed by atoms with E-state index in [9.17, 15) is 0 Å². The molecule has 0 spiro atoms. The van der Waals surface area contributed by atoms with Crippen molar-refractivity contribution in [3.05, 3.63) is 0 Å². The molecule has 25 heavy (non-hydrogen) atoms. The van der Waals surface area contributed by atoms with Crippen LogP contribution in [0.4, 0.5) is 0 Å². The number of rotatable bonds is 0. The average Bonchev–Trinajstić information content (AvgIpc) is 1.12. The molecule has 0 amide bonds. The largest absolute Gasteiger partial charge is 2.00 e. The van der Waals surface area contributed by atoms with Gasteiger partial charge in [-0.2, -0.15) is 9.49 Å². The summed E-state index contributed by atoms with van der Waals surface area (Å²) in [7, 11) is 0. The van der Waals surface area contributed by atoms with Gasteiger partial charge >= 0.3 is 17.1 Å². The SMILES string of the molecule is CC(C)(C)[S-].CC(C)(C)[S-].[Fe+2].[Fe].[Fe].[Fe].[Fe].[Fe].[SH-].[SH-].[SH-].[SH-].[SH-].[SH-].[SH-].[SH-].[SH-]. The fourth-order valence-corrected chi connectivity index (χ4v) is 0. The van der Waals surface area contributed by atoms with E-state index < -0.39 is 0 Å². The standard InChI is InChI=1S/2C4H10S.6Fe.9H2S/c2*1-4(2,3)5;;;;;;;;;;;;;;;/h2*5H,1-3H3;;;;;;;9*1H2/q;;;;;;;+2;;;;;;;;;/p-11. The second-order valence-corrected chi connectivity index (χ2v) is 6.67. The Labute approximate surface area is 295 Å². The fraction of sp³-hybridized carbons (Fsp3) is 1.00. The van der Waals surface area contributed by atoms with Crippen LogP contribution in [-0.4, -0.2) is 9.49 Å². The van der Waals surface area contributed by atoms with Gasteiger partial charge in [0.05, 0.1) is 0 Å². The maximum atomic E-state index is 4.83. The van der Waals surface area contributed by atoms with Crippen molar-refractivity contribution in [3.63, 3.8) is 0 Å². The van der Waals surface area contributed by atoms with Gasteiger partial charge in [0, 0.05) is 85.3 Å². The van der Waals surface area contributed by atoms with E-state index in [2.05, 4.69) is 0 Å². The summed E-state index contributed by atoms with van der Waals surface area (Å²) in [6.45, 7) is 12.0. The molecule has 0 nitrogen and oxygen atoms in total. The van der Waals surface area contributed by atoms with Crippen molar-refractivity contribution in [2.75, 3.05) is 0 Å². The Balaban J connectivity index is -0.00000000213. The Morgan fingerprint density at radius 1 is 0.360 bits per heavy atom. The molecular weight excluding hydrogens is 784 g/mol. The van der Waals surface area contributed by atoms with Gasteiger partial charge < -0.3 is 147 Å². The van der Waals surface area contributed by atoms with E-state index in [1.165, 1.54) is 0 Å². The summed E-state index contributed by atoms with van der Waals surface area (Å²) in [6.07, 6.45) is 0. The van der Waals surface area contributed by atoms with Gasteiger partial charge in [0.15, 0.2) is 0 Å². The van der Waals surface area contributed by atoms with Crippen LogP contribution in [0.5, 0.6) is 0 Å². The number of thiol groups is 9. The van der Waals surface area contributed by atoms with E-state index >= 15 is 0 Å². The summed E-state index contributed by atoms with van der Waals surface area (Å²) in [5, 5.41) is 0. The Hall–Kier alpha value is 6.97. The average molecular weight is 811 g/mol. The van der Waals surface area contributed by atoms with Crippen LogP contribution in [0.2, 0.25) is 0 Å². The molecule has 182 valence electrons. The van der Waals surface area contributed by atoms with Gasteiger partial charge in [0.25, 0.3) is 0 Å². The third-order valence-corrected chi connectivity index (χ3v) is 0. The van der Waals surface area contributed by atoms with E-state index in [-0.39, 0.29) is 233 Å². The summed E-state index contributed by atoms with van der Waals surface area (Å²) in [4.78, 5) is 0. The van der Waals surface area contributed by atoms with Gasteiger partial charge in [0.1, 0.15) is 0 Å². The van der Waals surface area contributed by atoms with Crippen LogP contribution in [-0.2, 0) is 249 Å². The van der Waals surface area contributed by atoms with Crippen LogP contribution in [0.25, 0.3) is 0 Å². The van der Waals surface area contributed by atoms with Crippen molar-refractivity contribution < 1.29 is 102 Å². The smallest absolute Gasteiger partial charge is 0.813 e. The molecule has 0 unspecified atom stereocenters. The molecular formula is C8H27Fe6S11-9. The summed E-state index contributed by atoms with van der Waals surface area (Å²) in [6, 6.07) is 0. The van der Waals surface area contributed by atoms with E-state index in [0.717, 1.165) is 0 Å². The molecule has 0 aromatic rings. The van der Waals surface area contributed by atoms with Gasteiger partial charge in [-0.25, -0.2) is 0 Å². The molecule has 0 aliphatic carbocycles. The molecule has 0 N–H and O–H groups in total. The van der Waals surface area contributed by atoms with Crippen LogP contribution in [0.15, 0.2) is 0 Å². The van der Waals surface area contributed by atoms with E-state index in [1.807, 2.05) is 41.5 Å². The first kappa shape index (κ1) is 137. The van der Waals surface area contributed by atoms with Crippen molar-refractivity contribution in [3.8, 4) is 0 Å². The minimum Gasteiger partial charge on any atom is -0.813 e. The van der Waals surface area contributed by atoms with Crippen LogP contribution in [0, 0.1) is 0 Å². The Morgan fingerprint density at radius 3 is 0.360 bits per heavy atom. The zero-order valence-electron chi connectivity index (χ0n) is 14.0. The first-order chi connectivity index (χ1) is 4.00. The molecule has 0 saturated heterocycles. The van der Waals surface area contributed by atoms with Crippen molar-refractivity contribution in [2.24, 2.45) is 0 Å². The third-order valence-electron chi connectivity index (χ3n) is 0. The predicted molar refractivity (Wildman–Crippen MR) is 133 cm³/mol. The maximum absolute atomic E-state index is 4.83. The van der Waals surface area contributed by atoms with Gasteiger partial charge in [-0.3, -0.25) is 0 Å². The van der Waals surface area contributed by atoms with Gasteiger partial charge in [-0.15, -0.1) is 0 Å². The van der Waals surface area contributed by atoms with Crippen LogP contribution in [0.1, 0.15) is 41.5 Å². The van der Waals surface area contributed by atoms with Crippen LogP contribution < -0.4 is 0 Å². The predicted octanol–water partition coefficient (Wildman–Crippen LogP) is 0.218. The van der Waals surface area contributed by atoms with Crippen molar-refractivity contribution >= 4 is 147 Å². The summed E-state index contributed by atoms with van der Waals surface area (Å²) in [5.41, 5.74) is 0. The molecule has 0 aromatic carbocycles. The first-order valence-corrected chi connectivity index (χ1v) is 4.22. The summed E-state index contributed by atoms with van der Waals surface area (Å²) in [5.74, 6) is 0. The number of hydrogen-bond acceptors (Lipinski definition) is 11. The van der Waals surface area contributed by atoms with Gasteiger partial charge in [0.2, 0.25) is 0 Å². The van der Waals surface area contributed by atoms with E-state index in [0.29, 0.717) is 0 Å². The second kappa shape index (κ2) is 77.3. The molecule has 17 heteroatoms. The molecule has 0 fully saturated rings. The van der Waals surface area contributed by atoms with E-state index in [4.69, 9.17) is 25.3 Å². The van der Waals surface area contributed by atoms with Crippen molar-refractivity contribution in [1.29, 1.82) is 0 Å². The maximum Gasteiger partial charge on any atom is 2.00 e. The molecule has 0 heterocycles. The molecule has 0 saturated carbocycles. The fourth-order valence-electron chi connectivity index (χ4n) is 0. The first-order valence-electron chi connectivity index (χ1n) is 3.41. The van der Waals surface area contributed by atoms with E-state index in [1.54, 1.807) is 0 Å². The molecule has 0 atom stereocenters. The second-order valence-electron chi connectivity index (χ2n) is 4.22. The quantitative estimate of drug-likeness (QED) is 0.188. The van der Waals surface area contributed by atoms with Gasteiger partial charge in [-0.1, -0.05) is 41.5 Å². The van der Waals surface area contributed by atoms with Crippen LogP contribution >= 0.6 is 0 Å². The molecule has 0 aliphatic heterocycles. The molecule has 0 aliphatic rings. The topological polar surface area (TPSA) is 0 Å². The molecule has 0 bridgehead atoms. The Morgan fingerprint density at radius 2 is 0.360 bits per heavy atom. The van der Waals surface area contributed by atoms with Crippen molar-refractivity contribution in [1.82, 2.24) is 0 Å². The minimum absolute atomic E-state index is 0. The molecule has 0 aromatic heterocycles. The Kier molecular flexibility index (Phi) is 423. The summed E-state index contributed by atoms with van der Waals surface area (Å²) < 4.78 is 0.167. The minimum atomic E-state index is 0. The normalized spacial score (nSPS) is 4.80. The molecule has 0 rings (SSSR count). The zero-order chi connectivity index (χ0) is 9.00. The third kappa shape index (κ3) is 535.